The third kappa shape index (κ3) is 5.11. The summed E-state index contributed by atoms with van der Waals surface area (Å²) in [4.78, 5) is 1.37. The lowest BCUT2D eigenvalue weighted by atomic mass is 10.3. The molecule has 0 aromatic carbocycles. The van der Waals surface area contributed by atoms with Crippen LogP contribution in [0.1, 0.15) is 25.1 Å². The van der Waals surface area contributed by atoms with Gasteiger partial charge in [0.25, 0.3) is 0 Å². The van der Waals surface area contributed by atoms with Crippen LogP contribution in [-0.4, -0.2) is 19.1 Å². The molecule has 1 aromatic rings. The average Bonchev–Trinajstić information content (AvgIpc) is 2.61. The summed E-state index contributed by atoms with van der Waals surface area (Å²) in [5.74, 6) is 0. The van der Waals surface area contributed by atoms with Crippen molar-refractivity contribution in [3.05, 3.63) is 20.8 Å². The Morgan fingerprint density at radius 2 is 2.33 bits per heavy atom. The van der Waals surface area contributed by atoms with E-state index in [-0.39, 0.29) is 0 Å². The second-order valence-corrected chi connectivity index (χ2v) is 5.53. The molecule has 0 bridgehead atoms. The maximum absolute atomic E-state index is 3.54. The fourth-order valence-corrected chi connectivity index (χ4v) is 2.73. The lowest BCUT2D eigenvalue weighted by Crippen LogP contribution is -2.36. The minimum atomic E-state index is 0.519. The van der Waals surface area contributed by atoms with Gasteiger partial charge in [0.15, 0.2) is 0 Å². The van der Waals surface area contributed by atoms with Gasteiger partial charge >= 0.3 is 0 Å². The monoisotopic (exact) mass is 290 g/mol. The Morgan fingerprint density at radius 1 is 1.53 bits per heavy atom. The molecule has 4 heteroatoms. The van der Waals surface area contributed by atoms with Gasteiger partial charge in [0, 0.05) is 28.5 Å². The first-order valence-corrected chi connectivity index (χ1v) is 7.07. The van der Waals surface area contributed by atoms with Crippen LogP contribution < -0.4 is 10.6 Å². The van der Waals surface area contributed by atoms with Crippen LogP contribution in [0.4, 0.5) is 0 Å². The summed E-state index contributed by atoms with van der Waals surface area (Å²) in [6, 6.07) is 2.62. The zero-order chi connectivity index (χ0) is 11.1. The lowest BCUT2D eigenvalue weighted by molar-refractivity contribution is 0.503. The van der Waals surface area contributed by atoms with Crippen molar-refractivity contribution in [2.45, 2.75) is 32.9 Å². The van der Waals surface area contributed by atoms with Crippen LogP contribution >= 0.6 is 27.3 Å². The van der Waals surface area contributed by atoms with Gasteiger partial charge in [-0.3, -0.25) is 0 Å². The van der Waals surface area contributed by atoms with Gasteiger partial charge in [-0.15, -0.1) is 11.3 Å². The van der Waals surface area contributed by atoms with Gasteiger partial charge in [0.2, 0.25) is 0 Å². The van der Waals surface area contributed by atoms with Gasteiger partial charge in [0.1, 0.15) is 0 Å². The fourth-order valence-electron chi connectivity index (χ4n) is 1.29. The van der Waals surface area contributed by atoms with E-state index in [0.717, 1.165) is 19.6 Å². The van der Waals surface area contributed by atoms with E-state index in [2.05, 4.69) is 51.9 Å². The number of hydrogen-bond donors (Lipinski definition) is 2. The standard InChI is InChI=1S/C11H19BrN2S/c1-3-5-13-7-9(2)14-8-11-10(12)4-6-15-11/h4,6,9,13-14H,3,5,7-8H2,1-2H3. The third-order valence-corrected chi connectivity index (χ3v) is 4.11. The van der Waals surface area contributed by atoms with Crippen LogP contribution in [0.25, 0.3) is 0 Å². The summed E-state index contributed by atoms with van der Waals surface area (Å²) in [7, 11) is 0. The van der Waals surface area contributed by atoms with Crippen molar-refractivity contribution in [1.82, 2.24) is 10.6 Å². The highest BCUT2D eigenvalue weighted by Crippen LogP contribution is 2.22. The minimum absolute atomic E-state index is 0.519. The van der Waals surface area contributed by atoms with Crippen LogP contribution in [0.5, 0.6) is 0 Å². The maximum atomic E-state index is 3.54. The molecular weight excluding hydrogens is 272 g/mol. The molecule has 1 unspecified atom stereocenters. The van der Waals surface area contributed by atoms with E-state index in [1.807, 2.05) is 0 Å². The van der Waals surface area contributed by atoms with E-state index in [1.54, 1.807) is 11.3 Å². The molecule has 2 N–H and O–H groups in total. The fraction of sp³-hybridized carbons (Fsp3) is 0.636. The Bertz CT molecular complexity index is 275. The Kier molecular flexibility index (Phi) is 6.48. The number of halogens is 1. The van der Waals surface area contributed by atoms with Crippen LogP contribution in [0, 0.1) is 0 Å². The quantitative estimate of drug-likeness (QED) is 0.755. The van der Waals surface area contributed by atoms with Crippen molar-refractivity contribution in [2.75, 3.05) is 13.1 Å². The molecule has 15 heavy (non-hydrogen) atoms. The molecule has 1 aromatic heterocycles. The normalized spacial score (nSPS) is 13.0. The SMILES string of the molecule is CCCNCC(C)NCc1sccc1Br. The van der Waals surface area contributed by atoms with Gasteiger partial charge < -0.3 is 10.6 Å². The Labute approximate surface area is 105 Å². The molecule has 0 saturated heterocycles. The van der Waals surface area contributed by atoms with E-state index < -0.39 is 0 Å². The second kappa shape index (κ2) is 7.39. The van der Waals surface area contributed by atoms with E-state index in [1.165, 1.54) is 15.8 Å². The molecule has 1 rings (SSSR count). The first-order chi connectivity index (χ1) is 7.24. The largest absolute Gasteiger partial charge is 0.315 e. The zero-order valence-corrected chi connectivity index (χ0v) is 11.7. The van der Waals surface area contributed by atoms with Crippen LogP contribution in [-0.2, 0) is 6.54 Å². The number of hydrogen-bond acceptors (Lipinski definition) is 3. The van der Waals surface area contributed by atoms with Gasteiger partial charge in [0.05, 0.1) is 0 Å². The predicted octanol–water partition coefficient (Wildman–Crippen LogP) is 2.99. The summed E-state index contributed by atoms with van der Waals surface area (Å²) in [6.45, 7) is 7.50. The third-order valence-electron chi connectivity index (χ3n) is 2.18. The smallest absolute Gasteiger partial charge is 0.0327 e. The molecule has 1 heterocycles. The van der Waals surface area contributed by atoms with Crippen LogP contribution in [0.2, 0.25) is 0 Å². The van der Waals surface area contributed by atoms with Crippen LogP contribution in [0.3, 0.4) is 0 Å². The number of nitrogens with one attached hydrogen (secondary N) is 2. The van der Waals surface area contributed by atoms with Crippen molar-refractivity contribution >= 4 is 27.3 Å². The summed E-state index contributed by atoms with van der Waals surface area (Å²) in [5, 5.41) is 9.02. The topological polar surface area (TPSA) is 24.1 Å². The predicted molar refractivity (Wildman–Crippen MR) is 71.5 cm³/mol. The molecule has 0 amide bonds. The zero-order valence-electron chi connectivity index (χ0n) is 9.35. The average molecular weight is 291 g/mol. The van der Waals surface area contributed by atoms with Crippen molar-refractivity contribution in [3.63, 3.8) is 0 Å². The molecule has 0 aliphatic heterocycles. The van der Waals surface area contributed by atoms with E-state index >= 15 is 0 Å². The van der Waals surface area contributed by atoms with E-state index in [4.69, 9.17) is 0 Å². The van der Waals surface area contributed by atoms with Crippen molar-refractivity contribution in [3.8, 4) is 0 Å². The molecule has 2 nitrogen and oxygen atoms in total. The van der Waals surface area contributed by atoms with Crippen molar-refractivity contribution < 1.29 is 0 Å². The highest BCUT2D eigenvalue weighted by molar-refractivity contribution is 9.10. The van der Waals surface area contributed by atoms with Gasteiger partial charge in [-0.2, -0.15) is 0 Å². The first kappa shape index (κ1) is 13.2. The molecule has 0 spiro atoms. The summed E-state index contributed by atoms with van der Waals surface area (Å²) >= 11 is 5.33. The van der Waals surface area contributed by atoms with Crippen molar-refractivity contribution in [2.24, 2.45) is 0 Å². The maximum Gasteiger partial charge on any atom is 0.0327 e. The van der Waals surface area contributed by atoms with Gasteiger partial charge in [-0.05, 0) is 47.3 Å². The van der Waals surface area contributed by atoms with Gasteiger partial charge in [-0.25, -0.2) is 0 Å². The Morgan fingerprint density at radius 3 is 2.93 bits per heavy atom. The number of thiophene rings is 1. The summed E-state index contributed by atoms with van der Waals surface area (Å²) in [5.41, 5.74) is 0. The Hall–Kier alpha value is 0.100. The molecule has 86 valence electrons. The lowest BCUT2D eigenvalue weighted by Gasteiger charge is -2.13. The molecular formula is C11H19BrN2S. The number of rotatable bonds is 7. The summed E-state index contributed by atoms with van der Waals surface area (Å²) < 4.78 is 1.22. The highest BCUT2D eigenvalue weighted by atomic mass is 79.9. The van der Waals surface area contributed by atoms with Crippen LogP contribution in [0.15, 0.2) is 15.9 Å². The molecule has 0 fully saturated rings. The first-order valence-electron chi connectivity index (χ1n) is 5.40. The second-order valence-electron chi connectivity index (χ2n) is 3.68. The molecule has 0 aliphatic carbocycles. The van der Waals surface area contributed by atoms with Crippen molar-refractivity contribution in [1.29, 1.82) is 0 Å². The summed E-state index contributed by atoms with van der Waals surface area (Å²) in [6.07, 6.45) is 1.20. The molecule has 0 saturated carbocycles. The Balaban J connectivity index is 2.16. The molecule has 0 aliphatic rings. The minimum Gasteiger partial charge on any atom is -0.315 e. The molecule has 1 atom stereocenters. The molecule has 0 radical (unpaired) electrons. The highest BCUT2D eigenvalue weighted by Gasteiger charge is 2.04. The van der Waals surface area contributed by atoms with E-state index in [9.17, 15) is 0 Å². The van der Waals surface area contributed by atoms with Gasteiger partial charge in [-0.1, -0.05) is 6.92 Å². The van der Waals surface area contributed by atoms with E-state index in [0.29, 0.717) is 6.04 Å².